The zero-order valence-electron chi connectivity index (χ0n) is 17.8. The van der Waals surface area contributed by atoms with Crippen LogP contribution in [0.5, 0.6) is 0 Å². The van der Waals surface area contributed by atoms with Crippen LogP contribution in [-0.4, -0.2) is 16.7 Å². The molecule has 0 fully saturated rings. The van der Waals surface area contributed by atoms with E-state index in [0.717, 1.165) is 26.4 Å². The number of terminal acetylenes is 1. The Balaban J connectivity index is 0.00000146. The first-order valence-electron chi connectivity index (χ1n) is 9.36. The minimum Gasteiger partial charge on any atom is -0.444 e. The maximum absolute atomic E-state index is 12.4. The van der Waals surface area contributed by atoms with Crippen LogP contribution in [0.4, 0.5) is 4.79 Å². The molecule has 1 atom stereocenters. The number of alkyl carbamates (subject to hydrolysis) is 1. The minimum absolute atomic E-state index is 0. The normalized spacial score (nSPS) is 11.3. The van der Waals surface area contributed by atoms with Gasteiger partial charge in [0.2, 0.25) is 0 Å². The van der Waals surface area contributed by atoms with Gasteiger partial charge in [-0.15, -0.1) is 12.5 Å². The third-order valence-corrected chi connectivity index (χ3v) is 4.90. The topological polar surface area (TPSA) is 51.2 Å². The van der Waals surface area contributed by atoms with E-state index in [9.17, 15) is 4.79 Å². The Labute approximate surface area is 207 Å². The molecule has 0 aliphatic carbocycles. The Morgan fingerprint density at radius 2 is 2.10 bits per heavy atom. The molecule has 4 nitrogen and oxygen atoms in total. The first-order valence-corrected chi connectivity index (χ1v) is 10.2. The van der Waals surface area contributed by atoms with Crippen molar-refractivity contribution in [1.29, 1.82) is 0 Å². The summed E-state index contributed by atoms with van der Waals surface area (Å²) in [6.45, 7) is 10.5. The number of rotatable bonds is 4. The maximum Gasteiger partial charge on any atom is 2.00 e. The molecule has 1 heterocycles. The SMILES string of the molecule is C#Cc1cccc(CC(NC(=O)OC(C)(C)C)c2nc3cc[c-]cc3s2)c1.[CH2-]C.[U+2]. The van der Waals surface area contributed by atoms with Crippen LogP contribution in [0, 0.1) is 56.4 Å². The second kappa shape index (κ2) is 12.2. The first-order chi connectivity index (χ1) is 13.8. The van der Waals surface area contributed by atoms with Gasteiger partial charge < -0.3 is 17.0 Å². The van der Waals surface area contributed by atoms with Gasteiger partial charge in [0.15, 0.2) is 0 Å². The summed E-state index contributed by atoms with van der Waals surface area (Å²) < 4.78 is 6.46. The summed E-state index contributed by atoms with van der Waals surface area (Å²) in [5.41, 5.74) is 2.16. The van der Waals surface area contributed by atoms with E-state index in [1.165, 1.54) is 0 Å². The van der Waals surface area contributed by atoms with Crippen molar-refractivity contribution in [2.75, 3.05) is 0 Å². The summed E-state index contributed by atoms with van der Waals surface area (Å²) in [5.74, 6) is 2.64. The number of thiazole rings is 1. The van der Waals surface area contributed by atoms with Crippen molar-refractivity contribution >= 4 is 27.6 Å². The second-order valence-corrected chi connectivity index (χ2v) is 8.26. The first kappa shape index (κ1) is 26.2. The third-order valence-electron chi connectivity index (χ3n) is 3.77. The monoisotopic (exact) mass is 644 g/mol. The average molecular weight is 645 g/mol. The minimum atomic E-state index is -0.569. The number of hydrogen-bond donors (Lipinski definition) is 1. The molecule has 0 spiro atoms. The molecule has 30 heavy (non-hydrogen) atoms. The molecule has 0 aliphatic heterocycles. The number of amides is 1. The molecule has 0 saturated heterocycles. The Bertz CT molecular complexity index is 969. The van der Waals surface area contributed by atoms with E-state index in [4.69, 9.17) is 11.2 Å². The molecule has 0 bridgehead atoms. The summed E-state index contributed by atoms with van der Waals surface area (Å²) in [4.78, 5) is 17.1. The van der Waals surface area contributed by atoms with Crippen molar-refractivity contribution < 1.29 is 40.6 Å². The van der Waals surface area contributed by atoms with Gasteiger partial charge in [0, 0.05) is 5.56 Å². The van der Waals surface area contributed by atoms with E-state index in [1.54, 1.807) is 18.3 Å². The molecule has 3 aromatic rings. The van der Waals surface area contributed by atoms with Crippen molar-refractivity contribution in [1.82, 2.24) is 10.3 Å². The van der Waals surface area contributed by atoms with Gasteiger partial charge in [0.05, 0.1) is 6.04 Å². The maximum atomic E-state index is 12.4. The Morgan fingerprint density at radius 1 is 1.37 bits per heavy atom. The zero-order chi connectivity index (χ0) is 21.4. The van der Waals surface area contributed by atoms with Gasteiger partial charge in [0.25, 0.3) is 0 Å². The van der Waals surface area contributed by atoms with Crippen LogP contribution in [0.25, 0.3) is 10.2 Å². The molecule has 0 saturated carbocycles. The average Bonchev–Trinajstić information content (AvgIpc) is 3.12. The Hall–Kier alpha value is -1.79. The van der Waals surface area contributed by atoms with Gasteiger partial charge >= 0.3 is 37.2 Å². The Morgan fingerprint density at radius 3 is 2.73 bits per heavy atom. The summed E-state index contributed by atoms with van der Waals surface area (Å²) in [7, 11) is 0. The molecule has 3 rings (SSSR count). The molecule has 154 valence electrons. The van der Waals surface area contributed by atoms with Gasteiger partial charge in [-0.3, -0.25) is 4.98 Å². The van der Waals surface area contributed by atoms with Crippen LogP contribution in [0.1, 0.15) is 49.9 Å². The van der Waals surface area contributed by atoms with E-state index >= 15 is 0 Å². The number of nitrogens with one attached hydrogen (secondary N) is 1. The molecule has 1 amide bonds. The number of fused-ring (bicyclic) bond motifs is 1. The molecule has 1 N–H and O–H groups in total. The molecule has 0 aliphatic rings. The van der Waals surface area contributed by atoms with Crippen molar-refractivity contribution in [3.63, 3.8) is 0 Å². The molecule has 0 radical (unpaired) electrons. The second-order valence-electron chi connectivity index (χ2n) is 7.19. The van der Waals surface area contributed by atoms with E-state index in [2.05, 4.69) is 29.2 Å². The summed E-state index contributed by atoms with van der Waals surface area (Å²) in [6, 6.07) is 16.1. The number of benzene rings is 2. The van der Waals surface area contributed by atoms with Crippen molar-refractivity contribution in [2.24, 2.45) is 0 Å². The van der Waals surface area contributed by atoms with Crippen LogP contribution < -0.4 is 5.32 Å². The molecular formula is C24H26N2O2SU. The number of aromatic nitrogens is 1. The van der Waals surface area contributed by atoms with Crippen LogP contribution in [0.3, 0.4) is 0 Å². The number of carbonyl (C=O) groups excluding carboxylic acids is 1. The van der Waals surface area contributed by atoms with E-state index in [0.29, 0.717) is 6.42 Å². The van der Waals surface area contributed by atoms with Crippen LogP contribution in [-0.2, 0) is 11.2 Å². The fraction of sp³-hybridized carbons (Fsp3) is 0.292. The number of hydrogen-bond acceptors (Lipinski definition) is 4. The van der Waals surface area contributed by atoms with Gasteiger partial charge in [0.1, 0.15) is 10.6 Å². The molecule has 1 unspecified atom stereocenters. The fourth-order valence-corrected chi connectivity index (χ4v) is 3.66. The van der Waals surface area contributed by atoms with Crippen LogP contribution in [0.15, 0.2) is 42.5 Å². The summed E-state index contributed by atoms with van der Waals surface area (Å²) in [5, 5.41) is 3.78. The predicted octanol–water partition coefficient (Wildman–Crippen LogP) is 5.73. The van der Waals surface area contributed by atoms with Gasteiger partial charge in [-0.25, -0.2) is 4.79 Å². The standard InChI is InChI=1S/C22H21N2O2S.C2H5.U/c1-5-15-9-8-10-16(13-15)14-18(24-21(25)26-22(2,3)4)20-23-17-11-6-7-12-19(17)27-20;1-2;/h1,6,8-13,18H,14H2,2-4H3,(H,24,25);1H2,2H3;/q2*-1;+2. The van der Waals surface area contributed by atoms with Crippen molar-refractivity contribution in [3.8, 4) is 12.3 Å². The number of nitrogens with zero attached hydrogens (tertiary/aromatic N) is 1. The van der Waals surface area contributed by atoms with Gasteiger partial charge in [-0.1, -0.05) is 22.8 Å². The molecule has 6 heteroatoms. The van der Waals surface area contributed by atoms with E-state index in [1.807, 2.05) is 63.2 Å². The van der Waals surface area contributed by atoms with Gasteiger partial charge in [-0.2, -0.15) is 36.5 Å². The van der Waals surface area contributed by atoms with Crippen LogP contribution >= 0.6 is 11.3 Å². The summed E-state index contributed by atoms with van der Waals surface area (Å²) >= 11 is 1.54. The van der Waals surface area contributed by atoms with Crippen molar-refractivity contribution in [3.05, 3.63) is 71.6 Å². The van der Waals surface area contributed by atoms with Crippen molar-refractivity contribution in [2.45, 2.75) is 45.8 Å². The quantitative estimate of drug-likeness (QED) is 0.292. The van der Waals surface area contributed by atoms with E-state index < -0.39 is 11.7 Å². The smallest absolute Gasteiger partial charge is 0.444 e. The van der Waals surface area contributed by atoms with Gasteiger partial charge in [-0.05, 0) is 50.4 Å². The largest absolute Gasteiger partial charge is 2.00 e. The Kier molecular flexibility index (Phi) is 10.6. The third kappa shape index (κ3) is 7.80. The molecule has 1 aromatic heterocycles. The van der Waals surface area contributed by atoms with Crippen LogP contribution in [0.2, 0.25) is 0 Å². The fourth-order valence-electron chi connectivity index (χ4n) is 2.66. The zero-order valence-corrected chi connectivity index (χ0v) is 22.8. The van der Waals surface area contributed by atoms with E-state index in [-0.39, 0.29) is 37.2 Å². The number of ether oxygens (including phenoxy) is 1. The molecular weight excluding hydrogens is 618 g/mol. The predicted molar refractivity (Wildman–Crippen MR) is 120 cm³/mol. The molecule has 2 aromatic carbocycles. The number of carbonyl (C=O) groups is 1. The summed E-state index contributed by atoms with van der Waals surface area (Å²) in [6.07, 6.45) is 5.61.